The largest absolute Gasteiger partial charge is 0.270 e. The first-order chi connectivity index (χ1) is 5.98. The summed E-state index contributed by atoms with van der Waals surface area (Å²) >= 11 is 0. The Morgan fingerprint density at radius 1 is 1.54 bits per heavy atom. The molecule has 0 amide bonds. The fourth-order valence-electron chi connectivity index (χ4n) is 2.69. The molecule has 0 spiro atoms. The third kappa shape index (κ3) is 1.31. The molecule has 1 heterocycles. The van der Waals surface area contributed by atoms with Crippen molar-refractivity contribution >= 4 is 10.1 Å². The van der Waals surface area contributed by atoms with Crippen LogP contribution in [-0.4, -0.2) is 20.3 Å². The van der Waals surface area contributed by atoms with Gasteiger partial charge in [0.2, 0.25) is 0 Å². The molecule has 2 fully saturated rings. The molecule has 0 N–H and O–H groups in total. The molecule has 1 aliphatic heterocycles. The molecule has 0 bridgehead atoms. The highest BCUT2D eigenvalue weighted by Crippen LogP contribution is 2.50. The second kappa shape index (κ2) is 2.70. The summed E-state index contributed by atoms with van der Waals surface area (Å²) < 4.78 is 27.9. The molecule has 76 valence electrons. The quantitative estimate of drug-likeness (QED) is 0.608. The number of hydrogen-bond acceptors (Lipinski definition) is 3. The van der Waals surface area contributed by atoms with E-state index >= 15 is 0 Å². The summed E-state index contributed by atoms with van der Waals surface area (Å²) in [6.45, 7) is 4.57. The zero-order chi connectivity index (χ0) is 9.69. The molecule has 2 aliphatic rings. The normalized spacial score (nSPS) is 47.8. The van der Waals surface area contributed by atoms with Gasteiger partial charge in [0.25, 0.3) is 10.1 Å². The Balaban J connectivity index is 2.29. The third-order valence-electron chi connectivity index (χ3n) is 3.56. The number of fused-ring (bicyclic) bond motifs is 1. The van der Waals surface area contributed by atoms with Crippen molar-refractivity contribution in [1.82, 2.24) is 0 Å². The molecule has 1 aliphatic carbocycles. The Labute approximate surface area is 79.6 Å². The van der Waals surface area contributed by atoms with Crippen LogP contribution in [0.4, 0.5) is 0 Å². The minimum Gasteiger partial charge on any atom is -0.269 e. The van der Waals surface area contributed by atoms with Crippen molar-refractivity contribution in [2.45, 2.75) is 38.4 Å². The van der Waals surface area contributed by atoms with E-state index < -0.39 is 10.1 Å². The van der Waals surface area contributed by atoms with Crippen LogP contribution in [0.2, 0.25) is 0 Å². The lowest BCUT2D eigenvalue weighted by Gasteiger charge is -2.18. The Morgan fingerprint density at radius 3 is 2.77 bits per heavy atom. The summed E-state index contributed by atoms with van der Waals surface area (Å²) in [5, 5.41) is -0.232. The molecule has 3 nitrogen and oxygen atoms in total. The molecule has 13 heavy (non-hydrogen) atoms. The van der Waals surface area contributed by atoms with Crippen molar-refractivity contribution in [3.63, 3.8) is 0 Å². The van der Waals surface area contributed by atoms with E-state index in [0.29, 0.717) is 12.5 Å². The second-order valence-corrected chi connectivity index (χ2v) is 6.40. The highest BCUT2D eigenvalue weighted by Gasteiger charge is 2.55. The maximum Gasteiger partial charge on any atom is 0.270 e. The fraction of sp³-hybridized carbons (Fsp3) is 1.00. The van der Waals surface area contributed by atoms with Crippen LogP contribution in [-0.2, 0) is 14.3 Å². The van der Waals surface area contributed by atoms with E-state index in [1.54, 1.807) is 0 Å². The molecular formula is C9H16O3S. The maximum absolute atomic E-state index is 11.5. The summed E-state index contributed by atoms with van der Waals surface area (Å²) in [6, 6.07) is 0. The lowest BCUT2D eigenvalue weighted by molar-refractivity contribution is 0.218. The summed E-state index contributed by atoms with van der Waals surface area (Å²) in [5.41, 5.74) is -0.0977. The molecule has 3 atom stereocenters. The second-order valence-electron chi connectivity index (χ2n) is 4.61. The molecule has 1 saturated carbocycles. The van der Waals surface area contributed by atoms with E-state index in [4.69, 9.17) is 4.18 Å². The van der Waals surface area contributed by atoms with Crippen molar-refractivity contribution in [3.05, 3.63) is 0 Å². The molecule has 3 unspecified atom stereocenters. The standard InChI is InChI=1S/C9H16O3S/c1-3-7-4-8-9(2,5-7)6-12-13(8,10)11/h7-8H,3-6H2,1-2H3. The Morgan fingerprint density at radius 2 is 2.23 bits per heavy atom. The first-order valence-corrected chi connectivity index (χ1v) is 6.33. The van der Waals surface area contributed by atoms with Gasteiger partial charge in [0.15, 0.2) is 0 Å². The first kappa shape index (κ1) is 9.46. The number of hydrogen-bond donors (Lipinski definition) is 0. The van der Waals surface area contributed by atoms with Crippen LogP contribution in [0.1, 0.15) is 33.1 Å². The van der Waals surface area contributed by atoms with E-state index in [1.807, 2.05) is 6.92 Å². The van der Waals surface area contributed by atoms with Crippen molar-refractivity contribution in [3.8, 4) is 0 Å². The summed E-state index contributed by atoms with van der Waals surface area (Å²) in [4.78, 5) is 0. The zero-order valence-electron chi connectivity index (χ0n) is 8.12. The highest BCUT2D eigenvalue weighted by atomic mass is 32.2. The van der Waals surface area contributed by atoms with Gasteiger partial charge in [-0.15, -0.1) is 0 Å². The Hall–Kier alpha value is -0.0900. The van der Waals surface area contributed by atoms with Crippen molar-refractivity contribution in [2.75, 3.05) is 6.61 Å². The van der Waals surface area contributed by atoms with Crippen LogP contribution in [0.3, 0.4) is 0 Å². The van der Waals surface area contributed by atoms with Crippen LogP contribution in [0.15, 0.2) is 0 Å². The van der Waals surface area contributed by atoms with Gasteiger partial charge in [0, 0.05) is 5.41 Å². The first-order valence-electron chi connectivity index (χ1n) is 4.86. The minimum absolute atomic E-state index is 0.0977. The lowest BCUT2D eigenvalue weighted by Crippen LogP contribution is -2.26. The van der Waals surface area contributed by atoms with Crippen molar-refractivity contribution < 1.29 is 12.6 Å². The average molecular weight is 204 g/mol. The van der Waals surface area contributed by atoms with E-state index in [1.165, 1.54) is 0 Å². The van der Waals surface area contributed by atoms with Crippen LogP contribution in [0.25, 0.3) is 0 Å². The topological polar surface area (TPSA) is 43.4 Å². The van der Waals surface area contributed by atoms with Gasteiger partial charge in [-0.25, -0.2) is 0 Å². The van der Waals surface area contributed by atoms with Gasteiger partial charge >= 0.3 is 0 Å². The summed E-state index contributed by atoms with van der Waals surface area (Å²) in [5.74, 6) is 0.577. The molecule has 0 aromatic carbocycles. The summed E-state index contributed by atoms with van der Waals surface area (Å²) in [7, 11) is -3.23. The molecule has 0 aromatic heterocycles. The molecule has 1 saturated heterocycles. The minimum atomic E-state index is -3.23. The SMILES string of the molecule is CCC1CC2C(C)(COS2(=O)=O)C1. The molecule has 4 heteroatoms. The van der Waals surface area contributed by atoms with E-state index in [9.17, 15) is 8.42 Å². The Kier molecular flexibility index (Phi) is 1.97. The average Bonchev–Trinajstić information content (AvgIpc) is 2.49. The van der Waals surface area contributed by atoms with Crippen LogP contribution >= 0.6 is 0 Å². The van der Waals surface area contributed by atoms with Crippen LogP contribution in [0, 0.1) is 11.3 Å². The predicted molar refractivity (Wildman–Crippen MR) is 49.8 cm³/mol. The van der Waals surface area contributed by atoms with Gasteiger partial charge in [-0.1, -0.05) is 20.3 Å². The fourth-order valence-corrected chi connectivity index (χ4v) is 4.66. The number of rotatable bonds is 1. The predicted octanol–water partition coefficient (Wildman–Crippen LogP) is 1.54. The van der Waals surface area contributed by atoms with E-state index in [2.05, 4.69) is 6.92 Å². The lowest BCUT2D eigenvalue weighted by atomic mass is 9.88. The molecule has 0 aromatic rings. The Bertz CT molecular complexity index is 309. The molecular weight excluding hydrogens is 188 g/mol. The highest BCUT2D eigenvalue weighted by molar-refractivity contribution is 7.87. The van der Waals surface area contributed by atoms with Gasteiger partial charge < -0.3 is 0 Å². The summed E-state index contributed by atoms with van der Waals surface area (Å²) in [6.07, 6.45) is 2.89. The maximum atomic E-state index is 11.5. The monoisotopic (exact) mass is 204 g/mol. The molecule has 0 radical (unpaired) electrons. The zero-order valence-corrected chi connectivity index (χ0v) is 8.93. The van der Waals surface area contributed by atoms with E-state index in [0.717, 1.165) is 19.3 Å². The van der Waals surface area contributed by atoms with Gasteiger partial charge in [0.05, 0.1) is 11.9 Å². The van der Waals surface area contributed by atoms with Gasteiger partial charge in [-0.2, -0.15) is 8.42 Å². The molecule has 2 rings (SSSR count). The van der Waals surface area contributed by atoms with Crippen LogP contribution in [0.5, 0.6) is 0 Å². The van der Waals surface area contributed by atoms with Crippen molar-refractivity contribution in [1.29, 1.82) is 0 Å². The smallest absolute Gasteiger partial charge is 0.269 e. The van der Waals surface area contributed by atoms with Crippen LogP contribution < -0.4 is 0 Å². The van der Waals surface area contributed by atoms with Gasteiger partial charge in [-0.3, -0.25) is 4.18 Å². The van der Waals surface area contributed by atoms with Gasteiger partial charge in [0.1, 0.15) is 0 Å². The van der Waals surface area contributed by atoms with Gasteiger partial charge in [-0.05, 0) is 18.8 Å². The van der Waals surface area contributed by atoms with E-state index in [-0.39, 0.29) is 10.7 Å². The third-order valence-corrected chi connectivity index (χ3v) is 5.46. The van der Waals surface area contributed by atoms with Crippen molar-refractivity contribution in [2.24, 2.45) is 11.3 Å².